The molecule has 0 radical (unpaired) electrons. The van der Waals surface area contributed by atoms with Crippen molar-refractivity contribution < 1.29 is 19.4 Å². The zero-order valence-corrected chi connectivity index (χ0v) is 7.45. The summed E-state index contributed by atoms with van der Waals surface area (Å²) in [5, 5.41) is 11.4. The second kappa shape index (κ2) is 4.23. The van der Waals surface area contributed by atoms with Crippen molar-refractivity contribution in [1.82, 2.24) is 5.32 Å². The molecule has 1 saturated heterocycles. The van der Waals surface area contributed by atoms with Gasteiger partial charge < -0.3 is 15.2 Å². The Kier molecular flexibility index (Phi) is 3.25. The SMILES string of the molecule is COC(=O)[C@@H]1CC(CC(=O)O)CN1. The van der Waals surface area contributed by atoms with Gasteiger partial charge in [0.25, 0.3) is 0 Å². The van der Waals surface area contributed by atoms with Gasteiger partial charge in [-0.25, -0.2) is 0 Å². The molecule has 0 bridgehead atoms. The number of carbonyl (C=O) groups is 2. The highest BCUT2D eigenvalue weighted by molar-refractivity contribution is 5.76. The first-order valence-corrected chi connectivity index (χ1v) is 4.16. The van der Waals surface area contributed by atoms with E-state index in [1.807, 2.05) is 0 Å². The molecule has 1 aliphatic rings. The van der Waals surface area contributed by atoms with Gasteiger partial charge in [-0.3, -0.25) is 9.59 Å². The lowest BCUT2D eigenvalue weighted by molar-refractivity contribution is -0.143. The third-order valence-electron chi connectivity index (χ3n) is 2.17. The number of aliphatic carboxylic acids is 1. The van der Waals surface area contributed by atoms with E-state index in [1.54, 1.807) is 0 Å². The quantitative estimate of drug-likeness (QED) is 0.588. The molecular weight excluding hydrogens is 174 g/mol. The van der Waals surface area contributed by atoms with Gasteiger partial charge >= 0.3 is 11.9 Å². The van der Waals surface area contributed by atoms with Crippen molar-refractivity contribution in [2.24, 2.45) is 5.92 Å². The average Bonchev–Trinajstić information content (AvgIpc) is 2.50. The van der Waals surface area contributed by atoms with Crippen molar-refractivity contribution in [2.45, 2.75) is 18.9 Å². The molecule has 13 heavy (non-hydrogen) atoms. The summed E-state index contributed by atoms with van der Waals surface area (Å²) in [4.78, 5) is 21.4. The van der Waals surface area contributed by atoms with E-state index in [2.05, 4.69) is 10.1 Å². The summed E-state index contributed by atoms with van der Waals surface area (Å²) >= 11 is 0. The van der Waals surface area contributed by atoms with Gasteiger partial charge in [-0.2, -0.15) is 0 Å². The molecule has 0 amide bonds. The van der Waals surface area contributed by atoms with E-state index in [9.17, 15) is 9.59 Å². The summed E-state index contributed by atoms with van der Waals surface area (Å²) in [6.45, 7) is 0.575. The number of hydrogen-bond acceptors (Lipinski definition) is 4. The van der Waals surface area contributed by atoms with Crippen LogP contribution in [0.5, 0.6) is 0 Å². The van der Waals surface area contributed by atoms with Crippen LogP contribution in [0.2, 0.25) is 0 Å². The van der Waals surface area contributed by atoms with Crippen molar-refractivity contribution in [3.05, 3.63) is 0 Å². The summed E-state index contributed by atoms with van der Waals surface area (Å²) in [7, 11) is 1.33. The normalized spacial score (nSPS) is 27.2. The van der Waals surface area contributed by atoms with Crippen LogP contribution < -0.4 is 5.32 Å². The highest BCUT2D eigenvalue weighted by atomic mass is 16.5. The lowest BCUT2D eigenvalue weighted by atomic mass is 10.0. The van der Waals surface area contributed by atoms with E-state index >= 15 is 0 Å². The molecule has 0 aromatic carbocycles. The number of methoxy groups -OCH3 is 1. The zero-order valence-electron chi connectivity index (χ0n) is 7.45. The van der Waals surface area contributed by atoms with E-state index in [-0.39, 0.29) is 24.3 Å². The number of carbonyl (C=O) groups excluding carboxylic acids is 1. The molecule has 0 aromatic rings. The molecule has 0 aliphatic carbocycles. The maximum atomic E-state index is 11.0. The molecule has 5 heteroatoms. The van der Waals surface area contributed by atoms with Gasteiger partial charge in [0.1, 0.15) is 6.04 Å². The van der Waals surface area contributed by atoms with Crippen LogP contribution in [0.1, 0.15) is 12.8 Å². The summed E-state index contributed by atoms with van der Waals surface area (Å²) < 4.78 is 4.54. The lowest BCUT2D eigenvalue weighted by Crippen LogP contribution is -2.31. The zero-order chi connectivity index (χ0) is 9.84. The van der Waals surface area contributed by atoms with Crippen LogP contribution in [0.15, 0.2) is 0 Å². The maximum absolute atomic E-state index is 11.0. The van der Waals surface area contributed by atoms with Gasteiger partial charge in [0.05, 0.1) is 7.11 Å². The lowest BCUT2D eigenvalue weighted by Gasteiger charge is -2.06. The first-order valence-electron chi connectivity index (χ1n) is 4.16. The molecule has 5 nitrogen and oxygen atoms in total. The Labute approximate surface area is 76.1 Å². The van der Waals surface area contributed by atoms with Crippen LogP contribution in [-0.4, -0.2) is 36.7 Å². The topological polar surface area (TPSA) is 75.6 Å². The van der Waals surface area contributed by atoms with E-state index in [4.69, 9.17) is 5.11 Å². The molecule has 0 spiro atoms. The fourth-order valence-corrected chi connectivity index (χ4v) is 1.53. The predicted molar refractivity (Wildman–Crippen MR) is 44.2 cm³/mol. The van der Waals surface area contributed by atoms with E-state index in [1.165, 1.54) is 7.11 Å². The molecule has 1 rings (SSSR count). The largest absolute Gasteiger partial charge is 0.481 e. The molecule has 74 valence electrons. The Morgan fingerprint density at radius 1 is 1.62 bits per heavy atom. The van der Waals surface area contributed by atoms with Crippen LogP contribution >= 0.6 is 0 Å². The molecule has 1 fully saturated rings. The number of rotatable bonds is 3. The van der Waals surface area contributed by atoms with Gasteiger partial charge in [0.2, 0.25) is 0 Å². The van der Waals surface area contributed by atoms with Crippen molar-refractivity contribution in [2.75, 3.05) is 13.7 Å². The number of hydrogen-bond donors (Lipinski definition) is 2. The van der Waals surface area contributed by atoms with Crippen molar-refractivity contribution >= 4 is 11.9 Å². The van der Waals surface area contributed by atoms with Crippen molar-refractivity contribution in [1.29, 1.82) is 0 Å². The third kappa shape index (κ3) is 2.69. The first-order chi connectivity index (χ1) is 6.13. The van der Waals surface area contributed by atoms with Crippen LogP contribution in [0.25, 0.3) is 0 Å². The van der Waals surface area contributed by atoms with Gasteiger partial charge in [-0.15, -0.1) is 0 Å². The molecule has 0 saturated carbocycles. The summed E-state index contributed by atoms with van der Waals surface area (Å²) in [5.74, 6) is -1.09. The second-order valence-electron chi connectivity index (χ2n) is 3.18. The molecule has 1 heterocycles. The number of carboxylic acids is 1. The van der Waals surface area contributed by atoms with Gasteiger partial charge in [-0.05, 0) is 18.9 Å². The van der Waals surface area contributed by atoms with E-state index in [0.717, 1.165) is 0 Å². The Morgan fingerprint density at radius 3 is 2.85 bits per heavy atom. The van der Waals surface area contributed by atoms with E-state index in [0.29, 0.717) is 13.0 Å². The number of ether oxygens (including phenoxy) is 1. The predicted octanol–water partition coefficient (Wildman–Crippen LogP) is -0.388. The van der Waals surface area contributed by atoms with E-state index < -0.39 is 5.97 Å². The fraction of sp³-hybridized carbons (Fsp3) is 0.750. The molecule has 2 N–H and O–H groups in total. The average molecular weight is 187 g/mol. The van der Waals surface area contributed by atoms with Gasteiger partial charge in [0, 0.05) is 6.42 Å². The number of nitrogens with one attached hydrogen (secondary N) is 1. The minimum atomic E-state index is -0.822. The fourth-order valence-electron chi connectivity index (χ4n) is 1.53. The van der Waals surface area contributed by atoms with Crippen LogP contribution in [0.4, 0.5) is 0 Å². The minimum Gasteiger partial charge on any atom is -0.481 e. The number of esters is 1. The number of carboxylic acid groups (broad SMARTS) is 1. The molecule has 1 aliphatic heterocycles. The molecule has 0 aromatic heterocycles. The Morgan fingerprint density at radius 2 is 2.31 bits per heavy atom. The van der Waals surface area contributed by atoms with Crippen LogP contribution in [0, 0.1) is 5.92 Å². The standard InChI is InChI=1S/C8H13NO4/c1-13-8(12)6-2-5(4-9-6)3-7(10)11/h5-6,9H,2-4H2,1H3,(H,10,11)/t5?,6-/m0/s1. The minimum absolute atomic E-state index is 0.0431. The second-order valence-corrected chi connectivity index (χ2v) is 3.18. The van der Waals surface area contributed by atoms with Crippen LogP contribution in [0.3, 0.4) is 0 Å². The molecule has 2 atom stereocenters. The Hall–Kier alpha value is -1.10. The van der Waals surface area contributed by atoms with Crippen molar-refractivity contribution in [3.8, 4) is 0 Å². The van der Waals surface area contributed by atoms with Gasteiger partial charge in [0.15, 0.2) is 0 Å². The molecular formula is C8H13NO4. The first kappa shape index (κ1) is 9.98. The monoisotopic (exact) mass is 187 g/mol. The highest BCUT2D eigenvalue weighted by Crippen LogP contribution is 2.17. The summed E-state index contributed by atoms with van der Waals surface area (Å²) in [6, 6.07) is -0.325. The summed E-state index contributed by atoms with van der Waals surface area (Å²) in [6.07, 6.45) is 0.666. The smallest absolute Gasteiger partial charge is 0.322 e. The third-order valence-corrected chi connectivity index (χ3v) is 2.17. The highest BCUT2D eigenvalue weighted by Gasteiger charge is 2.30. The Balaban J connectivity index is 2.36. The van der Waals surface area contributed by atoms with Gasteiger partial charge in [-0.1, -0.05) is 0 Å². The summed E-state index contributed by atoms with van der Waals surface area (Å²) in [5.41, 5.74) is 0. The van der Waals surface area contributed by atoms with Crippen LogP contribution in [-0.2, 0) is 14.3 Å². The maximum Gasteiger partial charge on any atom is 0.322 e. The molecule has 1 unspecified atom stereocenters. The van der Waals surface area contributed by atoms with Crippen molar-refractivity contribution in [3.63, 3.8) is 0 Å². The Bertz CT molecular complexity index is 216.